The maximum absolute atomic E-state index is 12.9. The molecule has 8 heteroatoms. The number of piperazine rings is 1. The highest BCUT2D eigenvalue weighted by molar-refractivity contribution is 7.87. The van der Waals surface area contributed by atoms with Crippen molar-refractivity contribution in [1.82, 2.24) is 13.9 Å². The van der Waals surface area contributed by atoms with Gasteiger partial charge in [0.2, 0.25) is 0 Å². The molecular formula is C17H31N3O4S. The molecule has 3 aliphatic rings. The second-order valence-corrected chi connectivity index (χ2v) is 10.1. The van der Waals surface area contributed by atoms with Crippen molar-refractivity contribution in [1.29, 1.82) is 0 Å². The lowest BCUT2D eigenvalue weighted by molar-refractivity contribution is 0.0926. The van der Waals surface area contributed by atoms with E-state index < -0.39 is 10.2 Å². The van der Waals surface area contributed by atoms with Crippen LogP contribution in [0, 0.1) is 16.7 Å². The molecular weight excluding hydrogens is 342 g/mol. The van der Waals surface area contributed by atoms with Crippen molar-refractivity contribution in [3.8, 4) is 0 Å². The highest BCUT2D eigenvalue weighted by Crippen LogP contribution is 2.65. The third-order valence-electron chi connectivity index (χ3n) is 7.19. The summed E-state index contributed by atoms with van der Waals surface area (Å²) < 4.78 is 35.1. The van der Waals surface area contributed by atoms with Crippen LogP contribution in [0.1, 0.15) is 47.0 Å². The van der Waals surface area contributed by atoms with E-state index in [9.17, 15) is 13.2 Å². The van der Waals surface area contributed by atoms with Crippen molar-refractivity contribution in [3.63, 3.8) is 0 Å². The molecule has 2 saturated carbocycles. The maximum Gasteiger partial charge on any atom is 0.409 e. The fourth-order valence-electron chi connectivity index (χ4n) is 4.96. The molecule has 0 aromatic rings. The van der Waals surface area contributed by atoms with E-state index in [0.29, 0.717) is 38.7 Å². The van der Waals surface area contributed by atoms with E-state index in [2.05, 4.69) is 25.5 Å². The minimum Gasteiger partial charge on any atom is -0.450 e. The number of carbonyl (C=O) groups is 1. The molecule has 1 N–H and O–H groups in total. The van der Waals surface area contributed by atoms with Crippen LogP contribution in [0.25, 0.3) is 0 Å². The van der Waals surface area contributed by atoms with Crippen LogP contribution in [0.4, 0.5) is 4.79 Å². The lowest BCUT2D eigenvalue weighted by atomic mass is 9.69. The van der Waals surface area contributed by atoms with Crippen LogP contribution in [0.5, 0.6) is 0 Å². The van der Waals surface area contributed by atoms with Gasteiger partial charge in [0.1, 0.15) is 0 Å². The monoisotopic (exact) mass is 373 g/mol. The van der Waals surface area contributed by atoms with Crippen LogP contribution in [-0.4, -0.2) is 62.5 Å². The van der Waals surface area contributed by atoms with Crippen LogP contribution in [-0.2, 0) is 14.9 Å². The van der Waals surface area contributed by atoms with Crippen molar-refractivity contribution < 1.29 is 17.9 Å². The van der Waals surface area contributed by atoms with Crippen molar-refractivity contribution in [2.45, 2.75) is 53.0 Å². The zero-order valence-corrected chi connectivity index (χ0v) is 16.6. The van der Waals surface area contributed by atoms with Crippen molar-refractivity contribution >= 4 is 16.3 Å². The van der Waals surface area contributed by atoms with Gasteiger partial charge in [0.25, 0.3) is 10.2 Å². The number of fused-ring (bicyclic) bond motifs is 2. The number of nitrogens with one attached hydrogen (secondary N) is 1. The number of ether oxygens (including phenoxy) is 1. The molecule has 1 heterocycles. The molecule has 1 aliphatic heterocycles. The Morgan fingerprint density at radius 1 is 1.20 bits per heavy atom. The van der Waals surface area contributed by atoms with Crippen molar-refractivity contribution in [3.05, 3.63) is 0 Å². The number of amides is 1. The predicted octanol–water partition coefficient (Wildman–Crippen LogP) is 1.81. The van der Waals surface area contributed by atoms with Crippen LogP contribution < -0.4 is 4.72 Å². The minimum absolute atomic E-state index is 0.00524. The highest BCUT2D eigenvalue weighted by Gasteiger charge is 2.62. The number of hydrogen-bond acceptors (Lipinski definition) is 4. The van der Waals surface area contributed by atoms with Crippen molar-refractivity contribution in [2.24, 2.45) is 16.7 Å². The maximum atomic E-state index is 12.9. The Balaban J connectivity index is 1.62. The minimum atomic E-state index is -3.53. The summed E-state index contributed by atoms with van der Waals surface area (Å²) in [6.45, 7) is 10.2. The van der Waals surface area contributed by atoms with Gasteiger partial charge < -0.3 is 9.64 Å². The lowest BCUT2D eigenvalue weighted by Crippen LogP contribution is -2.56. The van der Waals surface area contributed by atoms with Gasteiger partial charge in [-0.25, -0.2) is 4.79 Å². The van der Waals surface area contributed by atoms with Gasteiger partial charge in [-0.15, -0.1) is 0 Å². The van der Waals surface area contributed by atoms with E-state index in [1.807, 2.05) is 0 Å². The molecule has 0 aromatic carbocycles. The highest BCUT2D eigenvalue weighted by atomic mass is 32.2. The Hall–Kier alpha value is -0.860. The van der Waals surface area contributed by atoms with Crippen molar-refractivity contribution in [2.75, 3.05) is 32.8 Å². The Kier molecular flexibility index (Phi) is 4.83. The third-order valence-corrected chi connectivity index (χ3v) is 8.82. The predicted molar refractivity (Wildman–Crippen MR) is 95.2 cm³/mol. The number of rotatable bonds is 4. The normalized spacial score (nSPS) is 35.1. The molecule has 2 bridgehead atoms. The van der Waals surface area contributed by atoms with Gasteiger partial charge in [-0.2, -0.15) is 17.4 Å². The summed E-state index contributed by atoms with van der Waals surface area (Å²) in [5.74, 6) is 0.589. The van der Waals surface area contributed by atoms with E-state index in [0.717, 1.165) is 12.8 Å². The second-order valence-electron chi connectivity index (χ2n) is 8.37. The van der Waals surface area contributed by atoms with E-state index in [-0.39, 0.29) is 23.0 Å². The molecule has 0 aromatic heterocycles. The molecule has 1 amide bonds. The third kappa shape index (κ3) is 3.06. The van der Waals surface area contributed by atoms with Gasteiger partial charge in [0, 0.05) is 32.2 Å². The molecule has 7 nitrogen and oxygen atoms in total. The summed E-state index contributed by atoms with van der Waals surface area (Å²) in [6, 6.07) is -0.00524. The van der Waals surface area contributed by atoms with Crippen LogP contribution in [0.3, 0.4) is 0 Å². The van der Waals surface area contributed by atoms with Crippen LogP contribution >= 0.6 is 0 Å². The number of hydrogen-bond donors (Lipinski definition) is 1. The zero-order valence-electron chi connectivity index (χ0n) is 15.7. The van der Waals surface area contributed by atoms with E-state index in [4.69, 9.17) is 4.74 Å². The molecule has 0 spiro atoms. The molecule has 3 fully saturated rings. The molecule has 25 heavy (non-hydrogen) atoms. The molecule has 2 aliphatic carbocycles. The standard InChI is InChI=1S/C17H31N3O4S/c1-5-24-15(21)19-8-10-20(11-9-19)25(22,23)18-14-12-13-6-7-17(14,4)16(13,2)3/h13-14,18H,5-12H2,1-4H3/t13-,14-,17-/m1/s1. The smallest absolute Gasteiger partial charge is 0.409 e. The summed E-state index contributed by atoms with van der Waals surface area (Å²) in [7, 11) is -3.53. The summed E-state index contributed by atoms with van der Waals surface area (Å²) in [4.78, 5) is 13.3. The van der Waals surface area contributed by atoms with Gasteiger partial charge in [0.05, 0.1) is 6.61 Å². The number of nitrogens with zero attached hydrogens (tertiary/aromatic N) is 2. The van der Waals surface area contributed by atoms with Gasteiger partial charge in [0.15, 0.2) is 0 Å². The molecule has 1 saturated heterocycles. The Morgan fingerprint density at radius 3 is 2.32 bits per heavy atom. The molecule has 0 radical (unpaired) electrons. The Bertz CT molecular complexity index is 628. The van der Waals surface area contributed by atoms with E-state index in [1.54, 1.807) is 11.8 Å². The summed E-state index contributed by atoms with van der Waals surface area (Å²) in [5.41, 5.74) is 0.181. The zero-order chi connectivity index (χ0) is 18.5. The quantitative estimate of drug-likeness (QED) is 0.815. The first-order chi connectivity index (χ1) is 11.6. The van der Waals surface area contributed by atoms with Gasteiger partial charge >= 0.3 is 6.09 Å². The SMILES string of the molecule is CCOC(=O)N1CCN(S(=O)(=O)N[C@@H]2C[C@H]3CC[C@@]2(C)C3(C)C)CC1. The van der Waals surface area contributed by atoms with Gasteiger partial charge in [-0.05, 0) is 42.9 Å². The van der Waals surface area contributed by atoms with Gasteiger partial charge in [-0.1, -0.05) is 20.8 Å². The van der Waals surface area contributed by atoms with Gasteiger partial charge in [-0.3, -0.25) is 0 Å². The second kappa shape index (κ2) is 6.39. The molecule has 3 atom stereocenters. The van der Waals surface area contributed by atoms with E-state index in [1.165, 1.54) is 10.7 Å². The molecule has 0 unspecified atom stereocenters. The lowest BCUT2D eigenvalue weighted by Gasteiger charge is -2.40. The molecule has 3 rings (SSSR count). The summed E-state index contributed by atoms with van der Waals surface area (Å²) in [6.07, 6.45) is 2.83. The Morgan fingerprint density at radius 2 is 1.84 bits per heavy atom. The number of carbonyl (C=O) groups excluding carboxylic acids is 1. The molecule has 144 valence electrons. The first-order valence-corrected chi connectivity index (χ1v) is 10.7. The average Bonchev–Trinajstić information content (AvgIpc) is 2.88. The fourth-order valence-corrected chi connectivity index (χ4v) is 6.47. The first-order valence-electron chi connectivity index (χ1n) is 9.31. The van der Waals surface area contributed by atoms with E-state index >= 15 is 0 Å². The summed E-state index contributed by atoms with van der Waals surface area (Å²) >= 11 is 0. The topological polar surface area (TPSA) is 79.0 Å². The summed E-state index contributed by atoms with van der Waals surface area (Å²) in [5, 5.41) is 0. The van der Waals surface area contributed by atoms with Crippen LogP contribution in [0.2, 0.25) is 0 Å². The largest absolute Gasteiger partial charge is 0.450 e. The first kappa shape index (κ1) is 18.9. The fraction of sp³-hybridized carbons (Fsp3) is 0.941. The van der Waals surface area contributed by atoms with Crippen LogP contribution in [0.15, 0.2) is 0 Å². The average molecular weight is 374 g/mol. The Labute approximate surface area is 151 Å².